The lowest BCUT2D eigenvalue weighted by Crippen LogP contribution is -1.99. The number of hydrogen-bond donors (Lipinski definition) is 1. The molecule has 1 N–H and O–H groups in total. The van der Waals surface area contributed by atoms with Crippen molar-refractivity contribution in [2.45, 2.75) is 0 Å². The second-order valence-corrected chi connectivity index (χ2v) is 4.97. The van der Waals surface area contributed by atoms with E-state index in [2.05, 4.69) is 15.9 Å². The van der Waals surface area contributed by atoms with Crippen LogP contribution < -0.4 is 0 Å². The number of fused-ring (bicyclic) bond motifs is 2. The van der Waals surface area contributed by atoms with Gasteiger partial charge in [0, 0.05) is 9.86 Å². The Hall–Kier alpha value is -1.87. The summed E-state index contributed by atoms with van der Waals surface area (Å²) >= 11 is 3.44. The van der Waals surface area contributed by atoms with Crippen molar-refractivity contribution in [2.24, 2.45) is 0 Å². The highest BCUT2D eigenvalue weighted by molar-refractivity contribution is 9.10. The fourth-order valence-corrected chi connectivity index (χ4v) is 2.88. The lowest BCUT2D eigenvalue weighted by atomic mass is 9.97. The third-order valence-corrected chi connectivity index (χ3v) is 3.71. The Labute approximate surface area is 112 Å². The molecule has 0 bridgehead atoms. The molecule has 0 amide bonds. The van der Waals surface area contributed by atoms with Crippen LogP contribution in [0.25, 0.3) is 21.5 Å². The van der Waals surface area contributed by atoms with E-state index in [0.29, 0.717) is 5.56 Å². The molecule has 0 aromatic heterocycles. The molecule has 3 rings (SSSR count). The molecule has 0 saturated carbocycles. The van der Waals surface area contributed by atoms with Crippen molar-refractivity contribution in [3.05, 3.63) is 58.6 Å². The van der Waals surface area contributed by atoms with Crippen molar-refractivity contribution in [1.29, 1.82) is 0 Å². The molecule has 0 fully saturated rings. The Morgan fingerprint density at radius 2 is 1.72 bits per heavy atom. The van der Waals surface area contributed by atoms with Crippen molar-refractivity contribution < 1.29 is 9.90 Å². The van der Waals surface area contributed by atoms with Crippen LogP contribution in [0.1, 0.15) is 10.4 Å². The number of benzene rings is 3. The standard InChI is InChI=1S/C15H9BrO2/c16-12-7-3-5-10-8-9-4-1-2-6-11(9)14(13(10)12)15(17)18/h1-8H,(H,17,18). The average molecular weight is 301 g/mol. The van der Waals surface area contributed by atoms with Gasteiger partial charge in [0.1, 0.15) is 0 Å². The van der Waals surface area contributed by atoms with Gasteiger partial charge in [0.2, 0.25) is 0 Å². The summed E-state index contributed by atoms with van der Waals surface area (Å²) in [5, 5.41) is 12.9. The minimum atomic E-state index is -0.899. The molecule has 18 heavy (non-hydrogen) atoms. The largest absolute Gasteiger partial charge is 0.478 e. The predicted molar refractivity (Wildman–Crippen MR) is 76.1 cm³/mol. The van der Waals surface area contributed by atoms with E-state index < -0.39 is 5.97 Å². The first-order chi connectivity index (χ1) is 8.68. The Balaban J connectivity index is 2.64. The van der Waals surface area contributed by atoms with Crippen LogP contribution in [0.2, 0.25) is 0 Å². The first kappa shape index (κ1) is 11.2. The van der Waals surface area contributed by atoms with Crippen LogP contribution in [0.15, 0.2) is 53.0 Å². The molecule has 0 aliphatic carbocycles. The van der Waals surface area contributed by atoms with Gasteiger partial charge in [0.15, 0.2) is 0 Å². The second kappa shape index (κ2) is 4.10. The van der Waals surface area contributed by atoms with Gasteiger partial charge in [-0.25, -0.2) is 4.79 Å². The molecular formula is C15H9BrO2. The van der Waals surface area contributed by atoms with Gasteiger partial charge in [0.05, 0.1) is 5.56 Å². The van der Waals surface area contributed by atoms with Gasteiger partial charge in [-0.05, 0) is 28.3 Å². The molecule has 88 valence electrons. The first-order valence-corrected chi connectivity index (χ1v) is 6.31. The molecule has 2 nitrogen and oxygen atoms in total. The summed E-state index contributed by atoms with van der Waals surface area (Å²) in [7, 11) is 0. The molecule has 0 saturated heterocycles. The van der Waals surface area contributed by atoms with Crippen molar-refractivity contribution in [3.8, 4) is 0 Å². The molecule has 0 spiro atoms. The van der Waals surface area contributed by atoms with E-state index in [4.69, 9.17) is 0 Å². The smallest absolute Gasteiger partial charge is 0.336 e. The summed E-state index contributed by atoms with van der Waals surface area (Å²) in [6.45, 7) is 0. The minimum Gasteiger partial charge on any atom is -0.478 e. The summed E-state index contributed by atoms with van der Waals surface area (Å²) in [5.41, 5.74) is 0.357. The fraction of sp³-hybridized carbons (Fsp3) is 0. The Morgan fingerprint density at radius 3 is 2.50 bits per heavy atom. The van der Waals surface area contributed by atoms with Gasteiger partial charge in [-0.1, -0.05) is 52.3 Å². The van der Waals surface area contributed by atoms with Crippen LogP contribution >= 0.6 is 15.9 Å². The summed E-state index contributed by atoms with van der Waals surface area (Å²) in [6.07, 6.45) is 0. The second-order valence-electron chi connectivity index (χ2n) is 4.12. The first-order valence-electron chi connectivity index (χ1n) is 5.52. The van der Waals surface area contributed by atoms with Gasteiger partial charge >= 0.3 is 5.97 Å². The number of halogens is 1. The third-order valence-electron chi connectivity index (χ3n) is 3.05. The van der Waals surface area contributed by atoms with Crippen LogP contribution in [-0.4, -0.2) is 11.1 Å². The highest BCUT2D eigenvalue weighted by Gasteiger charge is 2.15. The highest BCUT2D eigenvalue weighted by atomic mass is 79.9. The molecule has 0 heterocycles. The lowest BCUT2D eigenvalue weighted by Gasteiger charge is -2.09. The van der Waals surface area contributed by atoms with Gasteiger partial charge in [-0.2, -0.15) is 0 Å². The van der Waals surface area contributed by atoms with E-state index >= 15 is 0 Å². The topological polar surface area (TPSA) is 37.3 Å². The van der Waals surface area contributed by atoms with E-state index in [1.54, 1.807) is 0 Å². The molecule has 3 heteroatoms. The van der Waals surface area contributed by atoms with Gasteiger partial charge in [-0.15, -0.1) is 0 Å². The summed E-state index contributed by atoms with van der Waals surface area (Å²) in [6, 6.07) is 15.3. The molecule has 0 aliphatic rings. The van der Waals surface area contributed by atoms with E-state index in [9.17, 15) is 9.90 Å². The molecule has 3 aromatic rings. The zero-order chi connectivity index (χ0) is 12.7. The third kappa shape index (κ3) is 1.59. The monoisotopic (exact) mass is 300 g/mol. The fourth-order valence-electron chi connectivity index (χ4n) is 2.30. The normalized spacial score (nSPS) is 10.9. The molecule has 0 radical (unpaired) electrons. The SMILES string of the molecule is O=C(O)c1c2ccccc2cc2cccc(Br)c12. The van der Waals surface area contributed by atoms with E-state index in [1.165, 1.54) is 0 Å². The van der Waals surface area contributed by atoms with E-state index in [1.807, 2.05) is 48.5 Å². The van der Waals surface area contributed by atoms with Crippen LogP contribution in [0, 0.1) is 0 Å². The van der Waals surface area contributed by atoms with Crippen LogP contribution in [0.5, 0.6) is 0 Å². The minimum absolute atomic E-state index is 0.357. The molecule has 0 unspecified atom stereocenters. The van der Waals surface area contributed by atoms with E-state index in [0.717, 1.165) is 26.0 Å². The Morgan fingerprint density at radius 1 is 1.00 bits per heavy atom. The number of carbonyl (C=O) groups is 1. The van der Waals surface area contributed by atoms with Crippen LogP contribution in [-0.2, 0) is 0 Å². The maximum atomic E-state index is 11.6. The zero-order valence-electron chi connectivity index (χ0n) is 9.35. The number of aromatic carboxylic acids is 1. The quantitative estimate of drug-likeness (QED) is 0.674. The van der Waals surface area contributed by atoms with Crippen molar-refractivity contribution in [1.82, 2.24) is 0 Å². The number of hydrogen-bond acceptors (Lipinski definition) is 1. The molecular weight excluding hydrogens is 292 g/mol. The van der Waals surface area contributed by atoms with Crippen molar-refractivity contribution in [2.75, 3.05) is 0 Å². The average Bonchev–Trinajstić information content (AvgIpc) is 2.36. The lowest BCUT2D eigenvalue weighted by molar-refractivity contribution is 0.0701. The molecule has 3 aromatic carbocycles. The summed E-state index contributed by atoms with van der Waals surface area (Å²) < 4.78 is 0.808. The van der Waals surface area contributed by atoms with E-state index in [-0.39, 0.29) is 0 Å². The maximum Gasteiger partial charge on any atom is 0.336 e. The number of carboxylic acid groups (broad SMARTS) is 1. The maximum absolute atomic E-state index is 11.6. The van der Waals surface area contributed by atoms with Gasteiger partial charge < -0.3 is 5.11 Å². The van der Waals surface area contributed by atoms with Crippen LogP contribution in [0.4, 0.5) is 0 Å². The number of rotatable bonds is 1. The number of carboxylic acids is 1. The van der Waals surface area contributed by atoms with Crippen molar-refractivity contribution >= 4 is 43.4 Å². The molecule has 0 aliphatic heterocycles. The Kier molecular flexibility index (Phi) is 2.56. The van der Waals surface area contributed by atoms with Crippen LogP contribution in [0.3, 0.4) is 0 Å². The highest BCUT2D eigenvalue weighted by Crippen LogP contribution is 2.33. The molecule has 0 atom stereocenters. The van der Waals surface area contributed by atoms with Gasteiger partial charge in [0.25, 0.3) is 0 Å². The summed E-state index contributed by atoms with van der Waals surface area (Å²) in [5.74, 6) is -0.899. The van der Waals surface area contributed by atoms with Gasteiger partial charge in [-0.3, -0.25) is 0 Å². The Bertz CT molecular complexity index is 778. The predicted octanol–water partition coefficient (Wildman–Crippen LogP) is 4.45. The summed E-state index contributed by atoms with van der Waals surface area (Å²) in [4.78, 5) is 11.6. The van der Waals surface area contributed by atoms with Crippen molar-refractivity contribution in [3.63, 3.8) is 0 Å². The zero-order valence-corrected chi connectivity index (χ0v) is 10.9.